The summed E-state index contributed by atoms with van der Waals surface area (Å²) < 4.78 is 0. The van der Waals surface area contributed by atoms with E-state index in [1.54, 1.807) is 20.8 Å². The highest BCUT2D eigenvalue weighted by molar-refractivity contribution is 5.94. The van der Waals surface area contributed by atoms with Crippen molar-refractivity contribution in [2.24, 2.45) is 23.5 Å². The van der Waals surface area contributed by atoms with Crippen molar-refractivity contribution >= 4 is 23.7 Å². The summed E-state index contributed by atoms with van der Waals surface area (Å²) in [6, 6.07) is -3.29. The van der Waals surface area contributed by atoms with Crippen LogP contribution in [0.15, 0.2) is 0 Å². The van der Waals surface area contributed by atoms with E-state index in [4.69, 9.17) is 5.73 Å². The molecule has 0 spiro atoms. The molecule has 1 heterocycles. The van der Waals surface area contributed by atoms with Gasteiger partial charge in [0.25, 0.3) is 0 Å². The fourth-order valence-electron chi connectivity index (χ4n) is 3.70. The number of amides is 3. The average Bonchev–Trinajstić information content (AvgIpc) is 3.22. The van der Waals surface area contributed by atoms with Crippen LogP contribution in [0.1, 0.15) is 67.2 Å². The Morgan fingerprint density at radius 1 is 1.00 bits per heavy atom. The number of hydrogen-bond donors (Lipinski definition) is 4. The summed E-state index contributed by atoms with van der Waals surface area (Å²) in [6.07, 6.45) is 2.53. The highest BCUT2D eigenvalue weighted by Crippen LogP contribution is 2.21. The molecule has 0 aliphatic carbocycles. The Morgan fingerprint density at radius 2 is 1.58 bits per heavy atom. The number of likely N-dealkylation sites (tertiary alicyclic amines) is 1. The van der Waals surface area contributed by atoms with Gasteiger partial charge in [0.15, 0.2) is 0 Å². The first-order valence-electron chi connectivity index (χ1n) is 11.4. The minimum atomic E-state index is -1.11. The van der Waals surface area contributed by atoms with Crippen LogP contribution < -0.4 is 16.4 Å². The molecule has 31 heavy (non-hydrogen) atoms. The number of nitrogens with one attached hydrogen (secondary N) is 2. The minimum Gasteiger partial charge on any atom is -0.480 e. The van der Waals surface area contributed by atoms with Crippen LogP contribution in [0.4, 0.5) is 0 Å². The molecule has 6 atom stereocenters. The Hall–Kier alpha value is -2.16. The molecule has 178 valence electrons. The summed E-state index contributed by atoms with van der Waals surface area (Å²) >= 11 is 0. The van der Waals surface area contributed by atoms with Crippen molar-refractivity contribution in [3.63, 3.8) is 0 Å². The molecule has 1 rings (SSSR count). The lowest BCUT2D eigenvalue weighted by atomic mass is 9.97. The first kappa shape index (κ1) is 26.9. The molecule has 9 heteroatoms. The number of aliphatic carboxylic acids is 1. The molecule has 1 aliphatic rings. The van der Waals surface area contributed by atoms with Crippen molar-refractivity contribution in [1.82, 2.24) is 15.5 Å². The normalized spacial score (nSPS) is 21.2. The van der Waals surface area contributed by atoms with Gasteiger partial charge < -0.3 is 26.4 Å². The van der Waals surface area contributed by atoms with Gasteiger partial charge in [0.2, 0.25) is 17.7 Å². The molecule has 9 nitrogen and oxygen atoms in total. The third-order valence-electron chi connectivity index (χ3n) is 6.40. The van der Waals surface area contributed by atoms with Gasteiger partial charge in [-0.1, -0.05) is 54.4 Å². The number of carbonyl (C=O) groups excluding carboxylic acids is 3. The van der Waals surface area contributed by atoms with E-state index < -0.39 is 42.0 Å². The number of carbonyl (C=O) groups is 4. The van der Waals surface area contributed by atoms with Gasteiger partial charge in [-0.15, -0.1) is 0 Å². The lowest BCUT2D eigenvalue weighted by Gasteiger charge is -2.31. The van der Waals surface area contributed by atoms with Crippen LogP contribution in [0.5, 0.6) is 0 Å². The predicted octanol–water partition coefficient (Wildman–Crippen LogP) is 1.11. The van der Waals surface area contributed by atoms with Crippen LogP contribution in [0, 0.1) is 17.8 Å². The zero-order chi connectivity index (χ0) is 23.9. The molecule has 1 saturated heterocycles. The second-order valence-electron chi connectivity index (χ2n) is 9.04. The van der Waals surface area contributed by atoms with E-state index in [0.717, 1.165) is 6.42 Å². The largest absolute Gasteiger partial charge is 0.480 e. The van der Waals surface area contributed by atoms with Gasteiger partial charge in [-0.05, 0) is 30.6 Å². The molecular formula is C22H40N4O5. The van der Waals surface area contributed by atoms with Crippen molar-refractivity contribution in [1.29, 1.82) is 0 Å². The molecule has 1 aliphatic heterocycles. The van der Waals surface area contributed by atoms with Crippen molar-refractivity contribution in [3.05, 3.63) is 0 Å². The van der Waals surface area contributed by atoms with E-state index in [-0.39, 0.29) is 23.7 Å². The number of nitrogens with zero attached hydrogens (tertiary/aromatic N) is 1. The van der Waals surface area contributed by atoms with E-state index in [0.29, 0.717) is 25.8 Å². The summed E-state index contributed by atoms with van der Waals surface area (Å²) in [5.74, 6) is -2.82. The van der Waals surface area contributed by atoms with E-state index >= 15 is 0 Å². The Morgan fingerprint density at radius 3 is 2.06 bits per heavy atom. The van der Waals surface area contributed by atoms with Gasteiger partial charge in [0.1, 0.15) is 18.1 Å². The number of rotatable bonds is 11. The van der Waals surface area contributed by atoms with Gasteiger partial charge in [0.05, 0.1) is 6.04 Å². The zero-order valence-corrected chi connectivity index (χ0v) is 19.7. The maximum absolute atomic E-state index is 13.0. The fraction of sp³-hybridized carbons (Fsp3) is 0.818. The van der Waals surface area contributed by atoms with Crippen LogP contribution in [0.3, 0.4) is 0 Å². The number of nitrogens with two attached hydrogens (primary N) is 1. The maximum atomic E-state index is 13.0. The molecular weight excluding hydrogens is 400 g/mol. The highest BCUT2D eigenvalue weighted by atomic mass is 16.4. The van der Waals surface area contributed by atoms with Crippen molar-refractivity contribution in [3.8, 4) is 0 Å². The van der Waals surface area contributed by atoms with Crippen molar-refractivity contribution in [2.75, 3.05) is 6.54 Å². The quantitative estimate of drug-likeness (QED) is 0.379. The van der Waals surface area contributed by atoms with E-state index in [2.05, 4.69) is 10.6 Å². The first-order chi connectivity index (χ1) is 14.5. The summed E-state index contributed by atoms with van der Waals surface area (Å²) in [5.41, 5.74) is 6.09. The van der Waals surface area contributed by atoms with Crippen molar-refractivity contribution < 1.29 is 24.3 Å². The number of carboxylic acids is 1. The zero-order valence-electron chi connectivity index (χ0n) is 19.7. The van der Waals surface area contributed by atoms with Gasteiger partial charge in [-0.3, -0.25) is 14.4 Å². The van der Waals surface area contributed by atoms with Gasteiger partial charge in [-0.25, -0.2) is 4.79 Å². The summed E-state index contributed by atoms with van der Waals surface area (Å²) in [5, 5.41) is 14.8. The van der Waals surface area contributed by atoms with E-state index in [1.165, 1.54) is 4.90 Å². The van der Waals surface area contributed by atoms with Gasteiger partial charge in [0, 0.05) is 6.54 Å². The molecule has 0 aromatic heterocycles. The molecule has 6 unspecified atom stereocenters. The maximum Gasteiger partial charge on any atom is 0.326 e. The van der Waals surface area contributed by atoms with Crippen LogP contribution in [0.2, 0.25) is 0 Å². The molecule has 0 saturated carbocycles. The second-order valence-corrected chi connectivity index (χ2v) is 9.04. The molecule has 0 bridgehead atoms. The standard InChI is InChI=1S/C22H40N4O5/c1-7-13(5)16(23)21(29)26-11-9-10-15(26)19(27)24-17(12(3)4)20(28)25-18(22(30)31)14(6)8-2/h12-18H,7-11,23H2,1-6H3,(H,24,27)(H,25,28)(H,30,31). The second kappa shape index (κ2) is 12.0. The van der Waals surface area contributed by atoms with Crippen LogP contribution in [0.25, 0.3) is 0 Å². The number of carboxylic acid groups (broad SMARTS) is 1. The lowest BCUT2D eigenvalue weighted by Crippen LogP contribution is -2.59. The predicted molar refractivity (Wildman–Crippen MR) is 118 cm³/mol. The minimum absolute atomic E-state index is 0.000455. The van der Waals surface area contributed by atoms with E-state index in [9.17, 15) is 24.3 Å². The van der Waals surface area contributed by atoms with Crippen LogP contribution >= 0.6 is 0 Å². The van der Waals surface area contributed by atoms with Crippen LogP contribution in [-0.4, -0.2) is 64.4 Å². The Bertz CT molecular complexity index is 654. The molecule has 0 radical (unpaired) electrons. The third-order valence-corrected chi connectivity index (χ3v) is 6.40. The molecule has 3 amide bonds. The fourth-order valence-corrected chi connectivity index (χ4v) is 3.70. The molecule has 0 aromatic carbocycles. The molecule has 1 fully saturated rings. The monoisotopic (exact) mass is 440 g/mol. The first-order valence-corrected chi connectivity index (χ1v) is 11.4. The topological polar surface area (TPSA) is 142 Å². The Labute approximate surface area is 185 Å². The summed E-state index contributed by atoms with van der Waals surface area (Å²) in [4.78, 5) is 51.7. The van der Waals surface area contributed by atoms with Gasteiger partial charge in [-0.2, -0.15) is 0 Å². The van der Waals surface area contributed by atoms with Crippen molar-refractivity contribution in [2.45, 2.75) is 91.4 Å². The summed E-state index contributed by atoms with van der Waals surface area (Å²) in [7, 11) is 0. The lowest BCUT2D eigenvalue weighted by molar-refractivity contribution is -0.144. The summed E-state index contributed by atoms with van der Waals surface area (Å²) in [6.45, 7) is 11.5. The smallest absolute Gasteiger partial charge is 0.326 e. The number of hydrogen-bond acceptors (Lipinski definition) is 5. The third kappa shape index (κ3) is 6.92. The highest BCUT2D eigenvalue weighted by Gasteiger charge is 2.39. The average molecular weight is 441 g/mol. The Kier molecular flexibility index (Phi) is 10.4. The van der Waals surface area contributed by atoms with E-state index in [1.807, 2.05) is 20.8 Å². The Balaban J connectivity index is 2.92. The molecule has 0 aromatic rings. The van der Waals surface area contributed by atoms with Crippen LogP contribution in [-0.2, 0) is 19.2 Å². The molecule has 5 N–H and O–H groups in total. The SMILES string of the molecule is CCC(C)C(N)C(=O)N1CCCC1C(=O)NC(C(=O)NC(C(=O)O)C(C)CC)C(C)C. The van der Waals surface area contributed by atoms with Gasteiger partial charge >= 0.3 is 5.97 Å².